The van der Waals surface area contributed by atoms with Crippen molar-refractivity contribution < 1.29 is 14.0 Å². The minimum absolute atomic E-state index is 0.00662. The first-order valence-corrected chi connectivity index (χ1v) is 8.31. The summed E-state index contributed by atoms with van der Waals surface area (Å²) in [5, 5.41) is 5.44. The fourth-order valence-corrected chi connectivity index (χ4v) is 3.40. The van der Waals surface area contributed by atoms with E-state index in [2.05, 4.69) is 20.6 Å². The van der Waals surface area contributed by atoms with E-state index < -0.39 is 11.7 Å². The van der Waals surface area contributed by atoms with Gasteiger partial charge in [-0.25, -0.2) is 14.4 Å². The Morgan fingerprint density at radius 3 is 3.12 bits per heavy atom. The Morgan fingerprint density at radius 2 is 2.24 bits per heavy atom. The lowest BCUT2D eigenvalue weighted by Crippen LogP contribution is -2.35. The Hall–Kier alpha value is -2.83. The maximum Gasteiger partial charge on any atom is 0.228 e. The third-order valence-corrected chi connectivity index (χ3v) is 4.65. The van der Waals surface area contributed by atoms with Crippen LogP contribution in [0.15, 0.2) is 24.4 Å². The van der Waals surface area contributed by atoms with Crippen LogP contribution < -0.4 is 10.6 Å². The first-order valence-electron chi connectivity index (χ1n) is 8.31. The van der Waals surface area contributed by atoms with E-state index in [4.69, 9.17) is 0 Å². The lowest BCUT2D eigenvalue weighted by molar-refractivity contribution is -0.126. The smallest absolute Gasteiger partial charge is 0.228 e. The summed E-state index contributed by atoms with van der Waals surface area (Å²) in [6.07, 6.45) is 4.83. The van der Waals surface area contributed by atoms with E-state index in [1.54, 1.807) is 0 Å². The van der Waals surface area contributed by atoms with Crippen molar-refractivity contribution in [3.05, 3.63) is 52.9 Å². The number of hydrogen-bond acceptors (Lipinski definition) is 4. The van der Waals surface area contributed by atoms with Crippen molar-refractivity contribution >= 4 is 17.5 Å². The maximum atomic E-state index is 13.5. The molecule has 1 aromatic carbocycles. The molecule has 0 spiro atoms. The van der Waals surface area contributed by atoms with Gasteiger partial charge >= 0.3 is 0 Å². The molecular formula is C18H17FN4O2. The fraction of sp³-hybridized carbons (Fsp3) is 0.333. The van der Waals surface area contributed by atoms with Gasteiger partial charge < -0.3 is 10.6 Å². The second-order valence-corrected chi connectivity index (χ2v) is 6.37. The molecule has 2 amide bonds. The summed E-state index contributed by atoms with van der Waals surface area (Å²) in [6, 6.07) is 4.04. The van der Waals surface area contributed by atoms with Gasteiger partial charge in [0.1, 0.15) is 11.6 Å². The number of carbonyl (C=O) groups is 2. The van der Waals surface area contributed by atoms with Crippen molar-refractivity contribution in [3.63, 3.8) is 0 Å². The summed E-state index contributed by atoms with van der Waals surface area (Å²) < 4.78 is 13.5. The second-order valence-electron chi connectivity index (χ2n) is 6.37. The van der Waals surface area contributed by atoms with Crippen molar-refractivity contribution in [2.45, 2.75) is 38.1 Å². The number of aromatic nitrogens is 2. The molecule has 0 unspecified atom stereocenters. The largest absolute Gasteiger partial charge is 0.348 e. The number of carbonyl (C=O) groups excluding carboxylic acids is 2. The van der Waals surface area contributed by atoms with Gasteiger partial charge in [0.2, 0.25) is 11.8 Å². The highest BCUT2D eigenvalue weighted by atomic mass is 19.1. The first kappa shape index (κ1) is 15.7. The van der Waals surface area contributed by atoms with E-state index in [0.29, 0.717) is 17.1 Å². The summed E-state index contributed by atoms with van der Waals surface area (Å²) in [5.41, 5.74) is 3.19. The number of aryl methyl sites for hydroxylation is 2. The Kier molecular flexibility index (Phi) is 3.91. The maximum absolute atomic E-state index is 13.5. The number of benzene rings is 1. The zero-order valence-corrected chi connectivity index (χ0v) is 13.5. The van der Waals surface area contributed by atoms with Gasteiger partial charge in [0, 0.05) is 24.0 Å². The molecule has 1 aliphatic carbocycles. The summed E-state index contributed by atoms with van der Waals surface area (Å²) in [6.45, 7) is 0.189. The number of hydrogen-bond donors (Lipinski definition) is 2. The van der Waals surface area contributed by atoms with Crippen LogP contribution >= 0.6 is 0 Å². The molecule has 1 aromatic heterocycles. The van der Waals surface area contributed by atoms with Crippen LogP contribution in [0.5, 0.6) is 0 Å². The highest BCUT2D eigenvalue weighted by molar-refractivity contribution is 6.01. The summed E-state index contributed by atoms with van der Waals surface area (Å²) in [5.74, 6) is -1.18. The third-order valence-electron chi connectivity index (χ3n) is 4.65. The number of amides is 2. The zero-order valence-electron chi connectivity index (χ0n) is 13.5. The number of nitrogens with zero attached hydrogens (tertiary/aromatic N) is 2. The quantitative estimate of drug-likeness (QED) is 0.893. The highest BCUT2D eigenvalue weighted by Crippen LogP contribution is 2.32. The van der Waals surface area contributed by atoms with Crippen molar-refractivity contribution in [1.82, 2.24) is 15.3 Å². The number of anilines is 1. The molecule has 2 aromatic rings. The van der Waals surface area contributed by atoms with Crippen LogP contribution in [0, 0.1) is 5.82 Å². The molecule has 7 heteroatoms. The monoisotopic (exact) mass is 340 g/mol. The Bertz CT molecular complexity index is 868. The second kappa shape index (κ2) is 6.23. The predicted molar refractivity (Wildman–Crippen MR) is 88.3 cm³/mol. The van der Waals surface area contributed by atoms with Gasteiger partial charge in [-0.05, 0) is 48.6 Å². The molecular weight excluding hydrogens is 323 g/mol. The van der Waals surface area contributed by atoms with Crippen LogP contribution in [0.2, 0.25) is 0 Å². The number of halogens is 1. The summed E-state index contributed by atoms with van der Waals surface area (Å²) in [4.78, 5) is 33.1. The van der Waals surface area contributed by atoms with E-state index in [0.717, 1.165) is 25.0 Å². The molecule has 1 aliphatic heterocycles. The van der Waals surface area contributed by atoms with Gasteiger partial charge in [0.05, 0.1) is 12.5 Å². The normalized spacial score (nSPS) is 18.3. The zero-order chi connectivity index (χ0) is 17.4. The Labute approximate surface area is 143 Å². The molecule has 2 heterocycles. The number of fused-ring (bicyclic) bond motifs is 2. The highest BCUT2D eigenvalue weighted by Gasteiger charge is 2.31. The van der Waals surface area contributed by atoms with Gasteiger partial charge in [-0.15, -0.1) is 0 Å². The molecule has 0 fully saturated rings. The van der Waals surface area contributed by atoms with Crippen molar-refractivity contribution in [3.8, 4) is 0 Å². The molecule has 2 aliphatic rings. The van der Waals surface area contributed by atoms with E-state index in [9.17, 15) is 14.0 Å². The molecule has 4 rings (SSSR count). The van der Waals surface area contributed by atoms with Gasteiger partial charge in [0.25, 0.3) is 0 Å². The minimum atomic E-state index is -0.714. The number of nitrogens with one attached hydrogen (secondary N) is 2. The number of rotatable bonds is 3. The van der Waals surface area contributed by atoms with Crippen molar-refractivity contribution in [1.29, 1.82) is 0 Å². The SMILES string of the molecule is O=C1C[C@H](C(=O)NCc2ncc3c(n2)CCC3)c2cc(F)ccc2N1. The van der Waals surface area contributed by atoms with E-state index in [1.165, 1.54) is 23.8 Å². The molecule has 2 N–H and O–H groups in total. The lowest BCUT2D eigenvalue weighted by Gasteiger charge is -2.24. The van der Waals surface area contributed by atoms with Gasteiger partial charge in [-0.3, -0.25) is 9.59 Å². The molecule has 25 heavy (non-hydrogen) atoms. The molecule has 1 atom stereocenters. The van der Waals surface area contributed by atoms with Gasteiger partial charge in [-0.2, -0.15) is 0 Å². The topological polar surface area (TPSA) is 84.0 Å². The molecule has 0 bridgehead atoms. The summed E-state index contributed by atoms with van der Waals surface area (Å²) in [7, 11) is 0. The Morgan fingerprint density at radius 1 is 1.36 bits per heavy atom. The lowest BCUT2D eigenvalue weighted by atomic mass is 9.89. The van der Waals surface area contributed by atoms with Gasteiger partial charge in [0.15, 0.2) is 0 Å². The molecule has 0 saturated carbocycles. The van der Waals surface area contributed by atoms with Gasteiger partial charge in [-0.1, -0.05) is 0 Å². The molecule has 6 nitrogen and oxygen atoms in total. The standard InChI is InChI=1S/C18H17FN4O2/c19-11-4-5-15-12(6-11)13(7-17(24)23-15)18(25)21-9-16-20-8-10-2-1-3-14(10)22-16/h4-6,8,13H,1-3,7,9H2,(H,21,25)(H,23,24)/t13-/m0/s1. The van der Waals surface area contributed by atoms with Crippen LogP contribution in [-0.2, 0) is 29.0 Å². The molecule has 0 radical (unpaired) electrons. The first-order chi connectivity index (χ1) is 12.1. The average Bonchev–Trinajstić information content (AvgIpc) is 3.07. The summed E-state index contributed by atoms with van der Waals surface area (Å²) >= 11 is 0. The van der Waals surface area contributed by atoms with Crippen LogP contribution in [0.3, 0.4) is 0 Å². The molecule has 128 valence electrons. The van der Waals surface area contributed by atoms with E-state index in [-0.39, 0.29) is 24.8 Å². The van der Waals surface area contributed by atoms with Crippen LogP contribution in [0.4, 0.5) is 10.1 Å². The van der Waals surface area contributed by atoms with E-state index in [1.807, 2.05) is 6.20 Å². The molecule has 0 saturated heterocycles. The Balaban J connectivity index is 1.50. The van der Waals surface area contributed by atoms with Crippen molar-refractivity contribution in [2.75, 3.05) is 5.32 Å². The van der Waals surface area contributed by atoms with E-state index >= 15 is 0 Å². The third kappa shape index (κ3) is 3.09. The predicted octanol–water partition coefficient (Wildman–Crippen LogP) is 1.85. The van der Waals surface area contributed by atoms with Crippen LogP contribution in [0.1, 0.15) is 41.4 Å². The van der Waals surface area contributed by atoms with Crippen LogP contribution in [0.25, 0.3) is 0 Å². The van der Waals surface area contributed by atoms with Crippen molar-refractivity contribution in [2.24, 2.45) is 0 Å². The minimum Gasteiger partial charge on any atom is -0.348 e. The fourth-order valence-electron chi connectivity index (χ4n) is 3.40. The average molecular weight is 340 g/mol. The van der Waals surface area contributed by atoms with Crippen LogP contribution in [-0.4, -0.2) is 21.8 Å².